The van der Waals surface area contributed by atoms with Gasteiger partial charge in [-0.25, -0.2) is 5.01 Å². The molecule has 0 spiro atoms. The molecular formula is C13H31BN2O2. The molecule has 1 aliphatic heterocycles. The van der Waals surface area contributed by atoms with Crippen molar-refractivity contribution in [1.29, 1.82) is 0 Å². The molecule has 5 heteroatoms. The Morgan fingerprint density at radius 3 is 1.56 bits per heavy atom. The molecule has 0 saturated carbocycles. The molecule has 1 atom stereocenters. The van der Waals surface area contributed by atoms with Crippen molar-refractivity contribution in [3.8, 4) is 0 Å². The summed E-state index contributed by atoms with van der Waals surface area (Å²) in [6.45, 7) is 18.4. The van der Waals surface area contributed by atoms with Crippen LogP contribution in [0.4, 0.5) is 0 Å². The second kappa shape index (κ2) is 6.37. The Bertz CT molecular complexity index is 241. The zero-order valence-corrected chi connectivity index (χ0v) is 13.6. The van der Waals surface area contributed by atoms with E-state index >= 15 is 0 Å². The highest BCUT2D eigenvalue weighted by atomic mass is 16.7. The highest BCUT2D eigenvalue weighted by Gasteiger charge is 2.53. The number of hydrogen-bond acceptors (Lipinski definition) is 4. The Morgan fingerprint density at radius 1 is 0.944 bits per heavy atom. The first-order valence-electron chi connectivity index (χ1n) is 6.97. The van der Waals surface area contributed by atoms with E-state index in [1.807, 2.05) is 20.8 Å². The summed E-state index contributed by atoms with van der Waals surface area (Å²) in [6.07, 6.45) is 0. The molecule has 0 aromatic rings. The van der Waals surface area contributed by atoms with E-state index < -0.39 is 0 Å². The van der Waals surface area contributed by atoms with Gasteiger partial charge in [-0.2, -0.15) is 0 Å². The first-order valence-corrected chi connectivity index (χ1v) is 6.97. The van der Waals surface area contributed by atoms with E-state index in [-0.39, 0.29) is 30.3 Å². The predicted octanol–water partition coefficient (Wildman–Crippen LogP) is 2.62. The maximum absolute atomic E-state index is 5.99. The number of hydrazine groups is 1. The molecule has 0 aromatic carbocycles. The van der Waals surface area contributed by atoms with Crippen molar-refractivity contribution in [1.82, 2.24) is 5.01 Å². The summed E-state index contributed by atoms with van der Waals surface area (Å²) in [5.41, 5.74) is -0.576. The van der Waals surface area contributed by atoms with Gasteiger partial charge in [-0.05, 0) is 48.5 Å². The van der Waals surface area contributed by atoms with Gasteiger partial charge < -0.3 is 9.31 Å². The maximum Gasteiger partial charge on any atom is 0.477 e. The molecule has 0 aliphatic carbocycles. The van der Waals surface area contributed by atoms with E-state index in [0.717, 1.165) is 0 Å². The Morgan fingerprint density at radius 2 is 1.28 bits per heavy atom. The molecular weight excluding hydrogens is 227 g/mol. The number of rotatable bonds is 3. The van der Waals surface area contributed by atoms with Crippen molar-refractivity contribution in [2.45, 2.75) is 85.5 Å². The molecule has 0 bridgehead atoms. The van der Waals surface area contributed by atoms with Crippen LogP contribution in [0.5, 0.6) is 0 Å². The molecule has 18 heavy (non-hydrogen) atoms. The summed E-state index contributed by atoms with van der Waals surface area (Å²) in [5, 5.41) is 1.78. The normalized spacial score (nSPS) is 23.0. The minimum absolute atomic E-state index is 0.0426. The van der Waals surface area contributed by atoms with Gasteiger partial charge in [0, 0.05) is 6.04 Å². The van der Waals surface area contributed by atoms with Gasteiger partial charge >= 0.3 is 7.12 Å². The monoisotopic (exact) mass is 258 g/mol. The van der Waals surface area contributed by atoms with Crippen LogP contribution >= 0.6 is 0 Å². The summed E-state index contributed by atoms with van der Waals surface area (Å²) in [5.74, 6) is 6.03. The molecule has 4 nitrogen and oxygen atoms in total. The van der Waals surface area contributed by atoms with E-state index in [0.29, 0.717) is 0 Å². The molecule has 1 unspecified atom stereocenters. The number of nitrogens with two attached hydrogens (primary N) is 1. The number of nitrogens with zero attached hydrogens (tertiary/aromatic N) is 1. The van der Waals surface area contributed by atoms with Gasteiger partial charge in [0.1, 0.15) is 0 Å². The summed E-state index contributed by atoms with van der Waals surface area (Å²) >= 11 is 0. The summed E-state index contributed by atoms with van der Waals surface area (Å²) in [7, 11) is -0.266. The van der Waals surface area contributed by atoms with Crippen molar-refractivity contribution in [3.05, 3.63) is 0 Å². The van der Waals surface area contributed by atoms with Gasteiger partial charge in [0.05, 0.1) is 17.1 Å². The van der Waals surface area contributed by atoms with Crippen LogP contribution in [0.15, 0.2) is 0 Å². The van der Waals surface area contributed by atoms with Crippen LogP contribution in [0.3, 0.4) is 0 Å². The molecule has 0 radical (unpaired) electrons. The first-order chi connectivity index (χ1) is 8.08. The van der Waals surface area contributed by atoms with Crippen LogP contribution in [0.1, 0.15) is 62.3 Å². The fraction of sp³-hybridized carbons (Fsp3) is 1.00. The van der Waals surface area contributed by atoms with Gasteiger partial charge in [0.2, 0.25) is 0 Å². The zero-order chi connectivity index (χ0) is 14.7. The molecule has 1 heterocycles. The summed E-state index contributed by atoms with van der Waals surface area (Å²) in [4.78, 5) is 0. The lowest BCUT2D eigenvalue weighted by atomic mass is 9.79. The minimum Gasteiger partial charge on any atom is -0.402 e. The molecule has 1 fully saturated rings. The standard InChI is InChI=1S/C11H25BN2O2.C2H6/c1-8(2)14(13)9(3)12-15-10(4,5)11(6,7)16-12;1-2/h8-9H,13H2,1-7H3;1-2H3. The average Bonchev–Trinajstić information content (AvgIpc) is 2.49. The fourth-order valence-electron chi connectivity index (χ4n) is 1.70. The maximum atomic E-state index is 5.99. The SMILES string of the molecule is CC.CC(C)N(N)C(C)B1OC(C)(C)C(C)(C)O1. The van der Waals surface area contributed by atoms with Gasteiger partial charge in [0.15, 0.2) is 0 Å². The first kappa shape index (κ1) is 17.9. The Kier molecular flexibility index (Phi) is 6.34. The second-order valence-electron chi connectivity index (χ2n) is 5.91. The van der Waals surface area contributed by atoms with Crippen molar-refractivity contribution in [2.24, 2.45) is 5.84 Å². The Hall–Kier alpha value is -0.0951. The largest absolute Gasteiger partial charge is 0.477 e. The van der Waals surface area contributed by atoms with E-state index in [4.69, 9.17) is 15.2 Å². The second-order valence-corrected chi connectivity index (χ2v) is 5.91. The number of hydrogen-bond donors (Lipinski definition) is 1. The zero-order valence-electron chi connectivity index (χ0n) is 13.6. The third-order valence-electron chi connectivity index (χ3n) is 3.73. The van der Waals surface area contributed by atoms with Crippen LogP contribution in [0, 0.1) is 0 Å². The highest BCUT2D eigenvalue weighted by molar-refractivity contribution is 6.47. The van der Waals surface area contributed by atoms with Crippen molar-refractivity contribution in [3.63, 3.8) is 0 Å². The lowest BCUT2D eigenvalue weighted by Gasteiger charge is -2.32. The topological polar surface area (TPSA) is 47.7 Å². The quantitative estimate of drug-likeness (QED) is 0.480. The minimum atomic E-state index is -0.288. The van der Waals surface area contributed by atoms with Crippen LogP contribution in [-0.2, 0) is 9.31 Å². The van der Waals surface area contributed by atoms with E-state index in [1.165, 1.54) is 0 Å². The van der Waals surface area contributed by atoms with Crippen LogP contribution in [0.2, 0.25) is 0 Å². The van der Waals surface area contributed by atoms with Gasteiger partial charge in [-0.15, -0.1) is 0 Å². The lowest BCUT2D eigenvalue weighted by Crippen LogP contribution is -2.53. The van der Waals surface area contributed by atoms with Gasteiger partial charge in [0.25, 0.3) is 0 Å². The smallest absolute Gasteiger partial charge is 0.402 e. The highest BCUT2D eigenvalue weighted by Crippen LogP contribution is 2.37. The van der Waals surface area contributed by atoms with Crippen molar-refractivity contribution >= 4 is 7.12 Å². The summed E-state index contributed by atoms with van der Waals surface area (Å²) < 4.78 is 11.9. The fourth-order valence-corrected chi connectivity index (χ4v) is 1.70. The van der Waals surface area contributed by atoms with E-state index in [2.05, 4.69) is 41.5 Å². The van der Waals surface area contributed by atoms with Gasteiger partial charge in [-0.3, -0.25) is 5.84 Å². The third kappa shape index (κ3) is 3.70. The Balaban J connectivity index is 0.00000137. The molecule has 0 amide bonds. The van der Waals surface area contributed by atoms with Crippen molar-refractivity contribution < 1.29 is 9.31 Å². The molecule has 108 valence electrons. The lowest BCUT2D eigenvalue weighted by molar-refractivity contribution is 0.00578. The van der Waals surface area contributed by atoms with Gasteiger partial charge in [-0.1, -0.05) is 13.8 Å². The molecule has 0 aromatic heterocycles. The predicted molar refractivity (Wildman–Crippen MR) is 78.1 cm³/mol. The van der Waals surface area contributed by atoms with Crippen LogP contribution in [-0.4, -0.2) is 35.3 Å². The molecule has 1 aliphatic rings. The Labute approximate surface area is 113 Å². The summed E-state index contributed by atoms with van der Waals surface area (Å²) in [6, 6.07) is 0.272. The third-order valence-corrected chi connectivity index (χ3v) is 3.73. The van der Waals surface area contributed by atoms with E-state index in [9.17, 15) is 0 Å². The average molecular weight is 258 g/mol. The molecule has 1 saturated heterocycles. The molecule has 2 N–H and O–H groups in total. The van der Waals surface area contributed by atoms with E-state index in [1.54, 1.807) is 5.01 Å². The van der Waals surface area contributed by atoms with Crippen LogP contribution in [0.25, 0.3) is 0 Å². The van der Waals surface area contributed by atoms with Crippen LogP contribution < -0.4 is 5.84 Å². The molecule has 1 rings (SSSR count). The van der Waals surface area contributed by atoms with Crippen molar-refractivity contribution in [2.75, 3.05) is 0 Å².